The summed E-state index contributed by atoms with van der Waals surface area (Å²) >= 11 is 0. The van der Waals surface area contributed by atoms with Gasteiger partial charge in [-0.1, -0.05) is 18.2 Å². The van der Waals surface area contributed by atoms with Crippen LogP contribution in [0.5, 0.6) is 5.75 Å². The van der Waals surface area contributed by atoms with Crippen molar-refractivity contribution in [2.75, 3.05) is 31.6 Å². The summed E-state index contributed by atoms with van der Waals surface area (Å²) in [6.45, 7) is 6.06. The fourth-order valence-corrected chi connectivity index (χ4v) is 5.72. The van der Waals surface area contributed by atoms with Gasteiger partial charge >= 0.3 is 22.3 Å². The summed E-state index contributed by atoms with van der Waals surface area (Å²) in [5.74, 6) is -0.0283. The van der Waals surface area contributed by atoms with Crippen LogP contribution in [-0.4, -0.2) is 68.6 Å². The number of amides is 4. The largest absolute Gasteiger partial charge is 0.497 e. The summed E-state index contributed by atoms with van der Waals surface area (Å²) in [6.07, 6.45) is 0.434. The van der Waals surface area contributed by atoms with Gasteiger partial charge < -0.3 is 14.4 Å². The van der Waals surface area contributed by atoms with Crippen molar-refractivity contribution in [2.24, 2.45) is 0 Å². The van der Waals surface area contributed by atoms with E-state index in [0.717, 1.165) is 11.0 Å². The van der Waals surface area contributed by atoms with Crippen LogP contribution in [0.15, 0.2) is 47.4 Å². The van der Waals surface area contributed by atoms with E-state index in [1.807, 2.05) is 0 Å². The summed E-state index contributed by atoms with van der Waals surface area (Å²) < 4.78 is 49.6. The van der Waals surface area contributed by atoms with Crippen LogP contribution >= 0.6 is 0 Å². The van der Waals surface area contributed by atoms with E-state index in [1.54, 1.807) is 56.0 Å². The lowest BCUT2D eigenvalue weighted by molar-refractivity contribution is -0.129. The molecule has 4 amide bonds. The number of carbonyl (C=O) groups is 3. The van der Waals surface area contributed by atoms with Crippen molar-refractivity contribution in [2.45, 2.75) is 63.0 Å². The fraction of sp³-hybridized carbons (Fsp3) is 0.464. The van der Waals surface area contributed by atoms with Gasteiger partial charge in [0, 0.05) is 31.7 Å². The summed E-state index contributed by atoms with van der Waals surface area (Å²) in [5.41, 5.74) is 0.554. The number of imide groups is 1. The van der Waals surface area contributed by atoms with E-state index < -0.39 is 32.8 Å². The normalized spacial score (nSPS) is 17.3. The highest BCUT2D eigenvalue weighted by Gasteiger charge is 2.35. The van der Waals surface area contributed by atoms with Crippen molar-refractivity contribution in [1.82, 2.24) is 9.80 Å². The van der Waals surface area contributed by atoms with Gasteiger partial charge in [-0.05, 0) is 74.9 Å². The number of methoxy groups -OCH3 is 1. The van der Waals surface area contributed by atoms with Gasteiger partial charge in [-0.25, -0.2) is 9.59 Å². The minimum Gasteiger partial charge on any atom is -0.497 e. The number of hydrogen-bond donors (Lipinski definition) is 0. The molecule has 12 heteroatoms. The maximum Gasteiger partial charge on any atom is 0.410 e. The predicted octanol–water partition coefficient (Wildman–Crippen LogP) is 4.83. The molecule has 0 N–H and O–H groups in total. The topological polar surface area (TPSA) is 114 Å². The van der Waals surface area contributed by atoms with Crippen molar-refractivity contribution < 1.29 is 36.2 Å². The van der Waals surface area contributed by atoms with Gasteiger partial charge in [-0.3, -0.25) is 14.6 Å². The first kappa shape index (κ1) is 29.3. The number of ether oxygens (including phenoxy) is 2. The molecule has 4 rings (SSSR count). The number of anilines is 1. The van der Waals surface area contributed by atoms with Crippen LogP contribution < -0.4 is 9.64 Å². The minimum absolute atomic E-state index is 0.0285. The number of rotatable bonds is 6. The van der Waals surface area contributed by atoms with Gasteiger partial charge in [0.05, 0.1) is 13.7 Å². The highest BCUT2D eigenvalue weighted by atomic mass is 32.3. The van der Waals surface area contributed by atoms with Crippen LogP contribution in [0.1, 0.15) is 57.1 Å². The lowest BCUT2D eigenvalue weighted by Crippen LogP contribution is -2.52. The smallest absolute Gasteiger partial charge is 0.410 e. The molecular formula is C28H34FN3O7S. The summed E-state index contributed by atoms with van der Waals surface area (Å²) in [7, 11) is -3.59. The van der Waals surface area contributed by atoms with Crippen molar-refractivity contribution in [3.8, 4) is 5.75 Å². The van der Waals surface area contributed by atoms with E-state index in [9.17, 15) is 26.7 Å². The monoisotopic (exact) mass is 575 g/mol. The average Bonchev–Trinajstić information content (AvgIpc) is 2.90. The minimum atomic E-state index is -5.13. The van der Waals surface area contributed by atoms with Gasteiger partial charge in [0.15, 0.2) is 0 Å². The maximum atomic E-state index is 14.6. The van der Waals surface area contributed by atoms with E-state index in [4.69, 9.17) is 9.47 Å². The summed E-state index contributed by atoms with van der Waals surface area (Å²) in [5, 5.41) is 0. The molecule has 10 nitrogen and oxygen atoms in total. The molecule has 0 aromatic heterocycles. The summed E-state index contributed by atoms with van der Waals surface area (Å²) in [4.78, 5) is 41.8. The van der Waals surface area contributed by atoms with Crippen LogP contribution in [0.3, 0.4) is 0 Å². The van der Waals surface area contributed by atoms with Crippen molar-refractivity contribution >= 4 is 33.9 Å². The second kappa shape index (κ2) is 11.4. The van der Waals surface area contributed by atoms with Gasteiger partial charge in [-0.15, -0.1) is 3.89 Å². The van der Waals surface area contributed by atoms with Gasteiger partial charge in [0.1, 0.15) is 16.2 Å². The van der Waals surface area contributed by atoms with Crippen LogP contribution in [0.4, 0.5) is 19.2 Å². The highest BCUT2D eigenvalue weighted by molar-refractivity contribution is 7.86. The number of halogens is 1. The van der Waals surface area contributed by atoms with Gasteiger partial charge in [-0.2, -0.15) is 8.42 Å². The first-order chi connectivity index (χ1) is 18.8. The molecule has 2 aliphatic rings. The molecule has 0 spiro atoms. The molecule has 0 radical (unpaired) electrons. The predicted molar refractivity (Wildman–Crippen MR) is 145 cm³/mol. The van der Waals surface area contributed by atoms with Crippen LogP contribution in [0.25, 0.3) is 0 Å². The Kier molecular flexibility index (Phi) is 8.38. The Morgan fingerprint density at radius 1 is 1.02 bits per heavy atom. The maximum absolute atomic E-state index is 14.6. The SMILES string of the molecule is COc1ccc(CN2C(=O)CCN(c3ccc(C4CCN(C(=O)OC(C)(C)C)CC4)c(S(=O)(=O)F)c3)C2=O)cc1. The molecule has 0 aliphatic carbocycles. The Labute approximate surface area is 233 Å². The quantitative estimate of drug-likeness (QED) is 0.454. The Morgan fingerprint density at radius 2 is 1.68 bits per heavy atom. The second-order valence-corrected chi connectivity index (χ2v) is 12.2. The third-order valence-electron chi connectivity index (χ3n) is 6.97. The number of likely N-dealkylation sites (tertiary alicyclic amines) is 1. The zero-order valence-corrected chi connectivity index (χ0v) is 23.9. The molecule has 2 heterocycles. The van der Waals surface area contributed by atoms with Gasteiger partial charge in [0.2, 0.25) is 5.91 Å². The first-order valence-corrected chi connectivity index (χ1v) is 14.5. The lowest BCUT2D eigenvalue weighted by atomic mass is 9.89. The third-order valence-corrected chi connectivity index (χ3v) is 7.85. The fourth-order valence-electron chi connectivity index (χ4n) is 4.94. The van der Waals surface area contributed by atoms with Crippen molar-refractivity contribution in [1.29, 1.82) is 0 Å². The Bertz CT molecular complexity index is 1380. The molecule has 2 aliphatic heterocycles. The molecule has 0 unspecified atom stereocenters. The molecular weight excluding hydrogens is 541 g/mol. The first-order valence-electron chi connectivity index (χ1n) is 13.1. The number of urea groups is 1. The molecule has 0 atom stereocenters. The van der Waals surface area contributed by atoms with Crippen LogP contribution in [0, 0.1) is 0 Å². The Hall–Kier alpha value is -3.67. The molecule has 0 saturated carbocycles. The molecule has 40 heavy (non-hydrogen) atoms. The zero-order chi connectivity index (χ0) is 29.2. The zero-order valence-electron chi connectivity index (χ0n) is 23.1. The summed E-state index contributed by atoms with van der Waals surface area (Å²) in [6, 6.07) is 10.6. The van der Waals surface area contributed by atoms with Crippen molar-refractivity contribution in [3.05, 3.63) is 53.6 Å². The van der Waals surface area contributed by atoms with E-state index >= 15 is 0 Å². The lowest BCUT2D eigenvalue weighted by Gasteiger charge is -2.35. The number of piperidine rings is 1. The van der Waals surface area contributed by atoms with Crippen LogP contribution in [-0.2, 0) is 26.3 Å². The standard InChI is InChI=1S/C28H34FN3O7S/c1-28(2,3)39-27(35)30-14-11-20(12-15-30)23-10-7-21(17-24(23)40(29,36)37)31-16-13-25(33)32(26(31)34)18-19-5-8-22(38-4)9-6-19/h5-10,17,20H,11-16,18H2,1-4H3. The molecule has 2 aromatic rings. The average molecular weight is 576 g/mol. The van der Waals surface area contributed by atoms with Gasteiger partial charge in [0.25, 0.3) is 0 Å². The highest BCUT2D eigenvalue weighted by Crippen LogP contribution is 2.36. The van der Waals surface area contributed by atoms with Crippen molar-refractivity contribution in [3.63, 3.8) is 0 Å². The molecule has 0 bridgehead atoms. The number of nitrogens with zero attached hydrogens (tertiary/aromatic N) is 3. The van der Waals surface area contributed by atoms with Crippen LogP contribution in [0.2, 0.25) is 0 Å². The third kappa shape index (κ3) is 6.72. The second-order valence-electron chi connectivity index (χ2n) is 10.9. The van der Waals surface area contributed by atoms with E-state index in [0.29, 0.717) is 42.8 Å². The number of benzene rings is 2. The molecule has 216 valence electrons. The van der Waals surface area contributed by atoms with E-state index in [-0.39, 0.29) is 37.0 Å². The molecule has 2 saturated heterocycles. The number of carbonyl (C=O) groups excluding carboxylic acids is 3. The van der Waals surface area contributed by atoms with E-state index in [1.165, 1.54) is 18.1 Å². The molecule has 2 aromatic carbocycles. The Morgan fingerprint density at radius 3 is 2.25 bits per heavy atom. The Balaban J connectivity index is 1.53. The number of hydrogen-bond acceptors (Lipinski definition) is 7. The molecule has 2 fully saturated rings. The van der Waals surface area contributed by atoms with E-state index in [2.05, 4.69) is 0 Å².